The number of ether oxygens (including phenoxy) is 2. The van der Waals surface area contributed by atoms with Crippen molar-refractivity contribution < 1.29 is 19.1 Å². The van der Waals surface area contributed by atoms with Gasteiger partial charge >= 0.3 is 0 Å². The molecule has 0 bridgehead atoms. The van der Waals surface area contributed by atoms with E-state index in [2.05, 4.69) is 0 Å². The molecule has 25 heavy (non-hydrogen) atoms. The largest absolute Gasteiger partial charge is 0.381 e. The third kappa shape index (κ3) is 3.31. The van der Waals surface area contributed by atoms with E-state index in [-0.39, 0.29) is 17.2 Å². The van der Waals surface area contributed by atoms with E-state index in [4.69, 9.17) is 9.47 Å². The van der Waals surface area contributed by atoms with Gasteiger partial charge in [0, 0.05) is 44.6 Å². The van der Waals surface area contributed by atoms with E-state index in [9.17, 15) is 9.59 Å². The molecule has 6 heteroatoms. The smallest absolute Gasteiger partial charge is 0.229 e. The minimum absolute atomic E-state index is 0.136. The molecular weight excluding hydrogens is 320 g/mol. The molecule has 1 unspecified atom stereocenters. The van der Waals surface area contributed by atoms with Crippen molar-refractivity contribution in [1.29, 1.82) is 0 Å². The number of morpholine rings is 1. The van der Waals surface area contributed by atoms with Gasteiger partial charge in [0.05, 0.1) is 25.2 Å². The summed E-state index contributed by atoms with van der Waals surface area (Å²) in [4.78, 5) is 30.2. The molecule has 1 aliphatic carbocycles. The van der Waals surface area contributed by atoms with Crippen LogP contribution in [0.3, 0.4) is 0 Å². The van der Waals surface area contributed by atoms with Crippen molar-refractivity contribution in [2.75, 3.05) is 52.6 Å². The van der Waals surface area contributed by atoms with Gasteiger partial charge in [-0.05, 0) is 25.7 Å². The number of hydrogen-bond acceptors (Lipinski definition) is 4. The van der Waals surface area contributed by atoms with Crippen LogP contribution < -0.4 is 0 Å². The lowest BCUT2D eigenvalue weighted by Gasteiger charge is -2.35. The lowest BCUT2D eigenvalue weighted by atomic mass is 9.80. The zero-order chi connectivity index (χ0) is 17.3. The van der Waals surface area contributed by atoms with E-state index in [1.807, 2.05) is 9.80 Å². The average molecular weight is 350 g/mol. The average Bonchev–Trinajstić information content (AvgIpc) is 3.38. The van der Waals surface area contributed by atoms with Crippen LogP contribution in [0.15, 0.2) is 0 Å². The Balaban J connectivity index is 1.44. The molecule has 3 aliphatic heterocycles. The second-order valence-corrected chi connectivity index (χ2v) is 8.44. The highest BCUT2D eigenvalue weighted by molar-refractivity contribution is 5.89. The fourth-order valence-electron chi connectivity index (χ4n) is 5.15. The van der Waals surface area contributed by atoms with Crippen molar-refractivity contribution in [3.63, 3.8) is 0 Å². The van der Waals surface area contributed by atoms with E-state index in [0.29, 0.717) is 32.7 Å². The molecule has 0 aromatic heterocycles. The van der Waals surface area contributed by atoms with Gasteiger partial charge in [-0.25, -0.2) is 0 Å². The molecule has 0 aromatic rings. The number of likely N-dealkylation sites (tertiary alicyclic amines) is 1. The van der Waals surface area contributed by atoms with Crippen LogP contribution in [0.4, 0.5) is 0 Å². The molecule has 6 nitrogen and oxygen atoms in total. The highest BCUT2D eigenvalue weighted by Crippen LogP contribution is 2.46. The van der Waals surface area contributed by atoms with Crippen molar-refractivity contribution in [2.45, 2.75) is 44.9 Å². The Hall–Kier alpha value is -1.14. The number of amides is 2. The molecule has 140 valence electrons. The van der Waals surface area contributed by atoms with Gasteiger partial charge < -0.3 is 19.3 Å². The zero-order valence-corrected chi connectivity index (χ0v) is 15.1. The van der Waals surface area contributed by atoms with Crippen LogP contribution in [0.5, 0.6) is 0 Å². The van der Waals surface area contributed by atoms with Crippen molar-refractivity contribution in [1.82, 2.24) is 9.80 Å². The quantitative estimate of drug-likeness (QED) is 0.773. The highest BCUT2D eigenvalue weighted by atomic mass is 16.5. The number of carbonyl (C=O) groups is 2. The Bertz CT molecular complexity index is 518. The van der Waals surface area contributed by atoms with Crippen LogP contribution in [0.2, 0.25) is 0 Å². The standard InChI is InChI=1S/C19H30N2O4/c22-16(20-8-11-24-12-9-20)13-19(3-1-2-4-19)17(23)21-7-5-18(14-21)6-10-25-15-18/h1-15H2. The van der Waals surface area contributed by atoms with Crippen LogP contribution in [0.1, 0.15) is 44.9 Å². The molecule has 0 N–H and O–H groups in total. The van der Waals surface area contributed by atoms with Gasteiger partial charge in [0.25, 0.3) is 0 Å². The topological polar surface area (TPSA) is 59.1 Å². The second kappa shape index (κ2) is 6.88. The minimum atomic E-state index is -0.458. The fourth-order valence-corrected chi connectivity index (χ4v) is 5.15. The highest BCUT2D eigenvalue weighted by Gasteiger charge is 2.50. The predicted octanol–water partition coefficient (Wildman–Crippen LogP) is 1.43. The van der Waals surface area contributed by atoms with Crippen LogP contribution in [0, 0.1) is 10.8 Å². The van der Waals surface area contributed by atoms with Crippen molar-refractivity contribution in [3.05, 3.63) is 0 Å². The normalized spacial score (nSPS) is 31.8. The van der Waals surface area contributed by atoms with Crippen molar-refractivity contribution >= 4 is 11.8 Å². The van der Waals surface area contributed by atoms with E-state index in [0.717, 1.165) is 64.8 Å². The van der Waals surface area contributed by atoms with E-state index >= 15 is 0 Å². The number of carbonyl (C=O) groups excluding carboxylic acids is 2. The van der Waals surface area contributed by atoms with Gasteiger partial charge in [-0.15, -0.1) is 0 Å². The SMILES string of the molecule is O=C(CC1(C(=O)N2CCC3(CCOC3)C2)CCCC1)N1CCOCC1. The maximum atomic E-state index is 13.4. The van der Waals surface area contributed by atoms with Crippen LogP contribution in [-0.4, -0.2) is 74.2 Å². The molecule has 4 aliphatic rings. The van der Waals surface area contributed by atoms with E-state index < -0.39 is 5.41 Å². The molecule has 1 saturated carbocycles. The first-order chi connectivity index (χ1) is 12.1. The molecule has 1 atom stereocenters. The molecule has 2 amide bonds. The third-order valence-electron chi connectivity index (χ3n) is 6.78. The molecule has 1 spiro atoms. The maximum Gasteiger partial charge on any atom is 0.229 e. The molecule has 3 heterocycles. The van der Waals surface area contributed by atoms with Gasteiger partial charge in [0.15, 0.2) is 0 Å². The predicted molar refractivity (Wildman–Crippen MR) is 92.0 cm³/mol. The summed E-state index contributed by atoms with van der Waals surface area (Å²) in [5.41, 5.74) is -0.274. The number of hydrogen-bond donors (Lipinski definition) is 0. The second-order valence-electron chi connectivity index (χ2n) is 8.44. The van der Waals surface area contributed by atoms with E-state index in [1.54, 1.807) is 0 Å². The summed E-state index contributed by atoms with van der Waals surface area (Å²) >= 11 is 0. The summed E-state index contributed by atoms with van der Waals surface area (Å²) in [5, 5.41) is 0. The molecule has 3 saturated heterocycles. The van der Waals surface area contributed by atoms with Crippen molar-refractivity contribution in [2.24, 2.45) is 10.8 Å². The van der Waals surface area contributed by atoms with Gasteiger partial charge in [0.1, 0.15) is 0 Å². The Morgan fingerprint density at radius 3 is 2.28 bits per heavy atom. The minimum Gasteiger partial charge on any atom is -0.381 e. The fraction of sp³-hybridized carbons (Fsp3) is 0.895. The van der Waals surface area contributed by atoms with Gasteiger partial charge in [0.2, 0.25) is 11.8 Å². The van der Waals surface area contributed by atoms with Crippen molar-refractivity contribution in [3.8, 4) is 0 Å². The number of nitrogens with zero attached hydrogens (tertiary/aromatic N) is 2. The Kier molecular flexibility index (Phi) is 4.75. The summed E-state index contributed by atoms with van der Waals surface area (Å²) in [6, 6.07) is 0. The molecule has 0 radical (unpaired) electrons. The van der Waals surface area contributed by atoms with Crippen LogP contribution in [0.25, 0.3) is 0 Å². The summed E-state index contributed by atoms with van der Waals surface area (Å²) in [7, 11) is 0. The molecule has 0 aromatic carbocycles. The zero-order valence-electron chi connectivity index (χ0n) is 15.1. The van der Waals surface area contributed by atoms with Crippen LogP contribution in [-0.2, 0) is 19.1 Å². The maximum absolute atomic E-state index is 13.4. The number of rotatable bonds is 3. The third-order valence-corrected chi connectivity index (χ3v) is 6.78. The Morgan fingerprint density at radius 1 is 0.840 bits per heavy atom. The summed E-state index contributed by atoms with van der Waals surface area (Å²) in [6.45, 7) is 5.80. The Labute approximate surface area is 149 Å². The molecule has 4 fully saturated rings. The van der Waals surface area contributed by atoms with Gasteiger partial charge in [-0.1, -0.05) is 12.8 Å². The first kappa shape index (κ1) is 17.3. The first-order valence-corrected chi connectivity index (χ1v) is 9.85. The monoisotopic (exact) mass is 350 g/mol. The Morgan fingerprint density at radius 2 is 1.60 bits per heavy atom. The lowest BCUT2D eigenvalue weighted by molar-refractivity contribution is -0.149. The first-order valence-electron chi connectivity index (χ1n) is 9.85. The lowest BCUT2D eigenvalue weighted by Crippen LogP contribution is -2.47. The van der Waals surface area contributed by atoms with Gasteiger partial charge in [-0.2, -0.15) is 0 Å². The molecule has 4 rings (SSSR count). The molecular formula is C19H30N2O4. The van der Waals surface area contributed by atoms with E-state index in [1.165, 1.54) is 0 Å². The summed E-state index contributed by atoms with van der Waals surface area (Å²) in [6.07, 6.45) is 6.34. The van der Waals surface area contributed by atoms with Gasteiger partial charge in [-0.3, -0.25) is 9.59 Å². The summed E-state index contributed by atoms with van der Waals surface area (Å²) < 4.78 is 10.9. The summed E-state index contributed by atoms with van der Waals surface area (Å²) in [5.74, 6) is 0.368. The van der Waals surface area contributed by atoms with Crippen LogP contribution >= 0.6 is 0 Å².